The van der Waals surface area contributed by atoms with Crippen molar-refractivity contribution < 1.29 is 4.92 Å². The van der Waals surface area contributed by atoms with E-state index in [0.29, 0.717) is 0 Å². The summed E-state index contributed by atoms with van der Waals surface area (Å²) in [5, 5.41) is 12.5. The molecule has 0 saturated heterocycles. The molecule has 1 heterocycles. The standard InChI is InChI=1S/C9H8N2O2S/c1-14-9-4-6-2-3-7(11(12)13)5-8(6)10-9/h2-5,10H,1H3. The van der Waals surface area contributed by atoms with Crippen LogP contribution in [0.4, 0.5) is 5.69 Å². The number of rotatable bonds is 2. The second kappa shape index (κ2) is 3.34. The van der Waals surface area contributed by atoms with Gasteiger partial charge in [0.25, 0.3) is 5.69 Å². The fourth-order valence-electron chi connectivity index (χ4n) is 1.31. The first-order chi connectivity index (χ1) is 6.70. The Hall–Kier alpha value is -1.49. The third-order valence-electron chi connectivity index (χ3n) is 2.01. The second-order valence-corrected chi connectivity index (χ2v) is 3.71. The lowest BCUT2D eigenvalue weighted by Gasteiger charge is -1.90. The number of nitro benzene ring substituents is 1. The summed E-state index contributed by atoms with van der Waals surface area (Å²) in [7, 11) is 0. The average Bonchev–Trinajstić information content (AvgIpc) is 2.58. The number of nitrogens with zero attached hydrogens (tertiary/aromatic N) is 1. The maximum absolute atomic E-state index is 10.5. The predicted molar refractivity (Wildman–Crippen MR) is 56.7 cm³/mol. The summed E-state index contributed by atoms with van der Waals surface area (Å²) in [6, 6.07) is 6.79. The normalized spacial score (nSPS) is 10.6. The zero-order chi connectivity index (χ0) is 10.1. The number of non-ortho nitro benzene ring substituents is 1. The van der Waals surface area contributed by atoms with Crippen molar-refractivity contribution in [1.29, 1.82) is 0 Å². The molecule has 0 saturated carbocycles. The van der Waals surface area contributed by atoms with Gasteiger partial charge in [0.15, 0.2) is 0 Å². The van der Waals surface area contributed by atoms with Gasteiger partial charge in [-0.2, -0.15) is 0 Å². The van der Waals surface area contributed by atoms with E-state index >= 15 is 0 Å². The van der Waals surface area contributed by atoms with E-state index in [0.717, 1.165) is 15.9 Å². The third-order valence-corrected chi connectivity index (χ3v) is 2.67. The molecule has 0 fully saturated rings. The van der Waals surface area contributed by atoms with Crippen LogP contribution in [0.3, 0.4) is 0 Å². The van der Waals surface area contributed by atoms with E-state index in [1.165, 1.54) is 6.07 Å². The van der Waals surface area contributed by atoms with Crippen molar-refractivity contribution in [2.45, 2.75) is 5.03 Å². The van der Waals surface area contributed by atoms with Crippen LogP contribution in [0.1, 0.15) is 0 Å². The lowest BCUT2D eigenvalue weighted by Crippen LogP contribution is -1.86. The van der Waals surface area contributed by atoms with Gasteiger partial charge in [-0.15, -0.1) is 11.8 Å². The van der Waals surface area contributed by atoms with Crippen molar-refractivity contribution >= 4 is 28.4 Å². The molecule has 14 heavy (non-hydrogen) atoms. The molecule has 0 spiro atoms. The number of hydrogen-bond donors (Lipinski definition) is 1. The third kappa shape index (κ3) is 1.46. The largest absolute Gasteiger partial charge is 0.350 e. The maximum atomic E-state index is 10.5. The Morgan fingerprint density at radius 3 is 2.86 bits per heavy atom. The van der Waals surface area contributed by atoms with Crippen LogP contribution < -0.4 is 0 Å². The first kappa shape index (κ1) is 9.08. The molecule has 4 nitrogen and oxygen atoms in total. The number of aromatic nitrogens is 1. The first-order valence-corrected chi connectivity index (χ1v) is 5.24. The molecular formula is C9H8N2O2S. The number of nitrogens with one attached hydrogen (secondary N) is 1. The molecule has 72 valence electrons. The van der Waals surface area contributed by atoms with E-state index in [-0.39, 0.29) is 10.6 Å². The van der Waals surface area contributed by atoms with Gasteiger partial charge in [0.05, 0.1) is 15.5 Å². The molecule has 5 heteroatoms. The van der Waals surface area contributed by atoms with Crippen molar-refractivity contribution in [3.63, 3.8) is 0 Å². The second-order valence-electron chi connectivity index (χ2n) is 2.87. The van der Waals surface area contributed by atoms with E-state index in [1.807, 2.05) is 12.3 Å². The summed E-state index contributed by atoms with van der Waals surface area (Å²) in [5.74, 6) is 0. The van der Waals surface area contributed by atoms with Gasteiger partial charge in [-0.25, -0.2) is 0 Å². The van der Waals surface area contributed by atoms with Gasteiger partial charge in [0, 0.05) is 17.5 Å². The van der Waals surface area contributed by atoms with Crippen LogP contribution in [0.15, 0.2) is 29.3 Å². The Balaban J connectivity index is 2.59. The highest BCUT2D eigenvalue weighted by atomic mass is 32.2. The molecule has 0 aliphatic carbocycles. The van der Waals surface area contributed by atoms with Crippen molar-refractivity contribution in [2.24, 2.45) is 0 Å². The molecule has 0 aliphatic heterocycles. The summed E-state index contributed by atoms with van der Waals surface area (Å²) in [5.41, 5.74) is 0.926. The van der Waals surface area contributed by atoms with E-state index < -0.39 is 0 Å². The van der Waals surface area contributed by atoms with Crippen molar-refractivity contribution in [3.05, 3.63) is 34.4 Å². The average molecular weight is 208 g/mol. The number of thioether (sulfide) groups is 1. The minimum atomic E-state index is -0.390. The molecule has 0 atom stereocenters. The van der Waals surface area contributed by atoms with E-state index in [4.69, 9.17) is 0 Å². The van der Waals surface area contributed by atoms with Crippen molar-refractivity contribution in [1.82, 2.24) is 4.98 Å². The van der Waals surface area contributed by atoms with Crippen LogP contribution in [-0.2, 0) is 0 Å². The Kier molecular flexibility index (Phi) is 2.17. The zero-order valence-electron chi connectivity index (χ0n) is 7.48. The smallest absolute Gasteiger partial charge is 0.271 e. The molecule has 1 N–H and O–H groups in total. The molecule has 2 aromatic rings. The lowest BCUT2D eigenvalue weighted by molar-refractivity contribution is -0.384. The summed E-state index contributed by atoms with van der Waals surface area (Å²) >= 11 is 1.58. The van der Waals surface area contributed by atoms with Crippen LogP contribution in [0.2, 0.25) is 0 Å². The number of benzene rings is 1. The fourth-order valence-corrected chi connectivity index (χ4v) is 1.77. The summed E-state index contributed by atoms with van der Waals surface area (Å²) < 4.78 is 0. The zero-order valence-corrected chi connectivity index (χ0v) is 8.30. The SMILES string of the molecule is CSc1cc2ccc([N+](=O)[O-])cc2[nH]1. The summed E-state index contributed by atoms with van der Waals surface area (Å²) in [6.45, 7) is 0. The monoisotopic (exact) mass is 208 g/mol. The van der Waals surface area contributed by atoms with Crippen molar-refractivity contribution in [2.75, 3.05) is 6.26 Å². The van der Waals surface area contributed by atoms with Crippen LogP contribution >= 0.6 is 11.8 Å². The Morgan fingerprint density at radius 2 is 2.21 bits per heavy atom. The Labute approximate surface area is 84.5 Å². The van der Waals surface area contributed by atoms with Gasteiger partial charge in [0.2, 0.25) is 0 Å². The molecular weight excluding hydrogens is 200 g/mol. The fraction of sp³-hybridized carbons (Fsp3) is 0.111. The van der Waals surface area contributed by atoms with Crippen LogP contribution in [-0.4, -0.2) is 16.2 Å². The molecule has 0 aliphatic rings. The van der Waals surface area contributed by atoms with Crippen LogP contribution in [0, 0.1) is 10.1 Å². The summed E-state index contributed by atoms with van der Waals surface area (Å²) in [4.78, 5) is 13.2. The molecule has 0 bridgehead atoms. The molecule has 0 amide bonds. The topological polar surface area (TPSA) is 58.9 Å². The molecule has 1 aromatic heterocycles. The van der Waals surface area contributed by atoms with Gasteiger partial charge < -0.3 is 4.98 Å². The van der Waals surface area contributed by atoms with E-state index in [2.05, 4.69) is 4.98 Å². The number of H-pyrrole nitrogens is 1. The van der Waals surface area contributed by atoms with Crippen LogP contribution in [0.5, 0.6) is 0 Å². The highest BCUT2D eigenvalue weighted by Crippen LogP contribution is 2.24. The number of hydrogen-bond acceptors (Lipinski definition) is 3. The van der Waals surface area contributed by atoms with Crippen LogP contribution in [0.25, 0.3) is 10.9 Å². The minimum absolute atomic E-state index is 0.118. The molecule has 1 aromatic carbocycles. The number of fused-ring (bicyclic) bond motifs is 1. The van der Waals surface area contributed by atoms with Gasteiger partial charge in [0.1, 0.15) is 0 Å². The Bertz CT molecular complexity index is 493. The lowest BCUT2D eigenvalue weighted by atomic mass is 10.2. The number of aromatic amines is 1. The van der Waals surface area contributed by atoms with Gasteiger partial charge >= 0.3 is 0 Å². The van der Waals surface area contributed by atoms with Crippen molar-refractivity contribution in [3.8, 4) is 0 Å². The van der Waals surface area contributed by atoms with Gasteiger partial charge in [-0.3, -0.25) is 10.1 Å². The molecule has 2 rings (SSSR count). The molecule has 0 unspecified atom stereocenters. The predicted octanol–water partition coefficient (Wildman–Crippen LogP) is 2.80. The molecule has 0 radical (unpaired) electrons. The van der Waals surface area contributed by atoms with E-state index in [1.54, 1.807) is 23.9 Å². The van der Waals surface area contributed by atoms with E-state index in [9.17, 15) is 10.1 Å². The first-order valence-electron chi connectivity index (χ1n) is 4.02. The quantitative estimate of drug-likeness (QED) is 0.469. The highest BCUT2D eigenvalue weighted by molar-refractivity contribution is 7.98. The minimum Gasteiger partial charge on any atom is -0.350 e. The highest BCUT2D eigenvalue weighted by Gasteiger charge is 2.07. The Morgan fingerprint density at radius 1 is 1.43 bits per heavy atom. The van der Waals surface area contributed by atoms with Gasteiger partial charge in [-0.1, -0.05) is 0 Å². The number of nitro groups is 1. The van der Waals surface area contributed by atoms with Gasteiger partial charge in [-0.05, 0) is 18.4 Å². The summed E-state index contributed by atoms with van der Waals surface area (Å²) in [6.07, 6.45) is 1.96. The maximum Gasteiger partial charge on any atom is 0.271 e.